The topological polar surface area (TPSA) is 78.9 Å². The third-order valence-corrected chi connectivity index (χ3v) is 13.4. The first-order chi connectivity index (χ1) is 35.0. The summed E-state index contributed by atoms with van der Waals surface area (Å²) in [4.78, 5) is 38.2. The number of esters is 3. The maximum absolute atomic E-state index is 12.9. The summed E-state index contributed by atoms with van der Waals surface area (Å²) in [6, 6.07) is 0. The van der Waals surface area contributed by atoms with Crippen LogP contribution in [0.2, 0.25) is 0 Å². The molecule has 71 heavy (non-hydrogen) atoms. The molecule has 6 heteroatoms. The molecular formula is C65H116O6. The van der Waals surface area contributed by atoms with Gasteiger partial charge in [-0.15, -0.1) is 0 Å². The Kier molecular flexibility index (Phi) is 57.2. The van der Waals surface area contributed by atoms with Crippen LogP contribution in [0.3, 0.4) is 0 Å². The Bertz CT molecular complexity index is 1280. The maximum Gasteiger partial charge on any atom is 0.306 e. The van der Waals surface area contributed by atoms with Gasteiger partial charge in [0.2, 0.25) is 0 Å². The van der Waals surface area contributed by atoms with E-state index in [0.717, 1.165) is 103 Å². The molecule has 0 aromatic carbocycles. The highest BCUT2D eigenvalue weighted by Gasteiger charge is 2.19. The van der Waals surface area contributed by atoms with Gasteiger partial charge in [0, 0.05) is 19.3 Å². The van der Waals surface area contributed by atoms with Crippen LogP contribution < -0.4 is 0 Å². The molecule has 6 nitrogen and oxygen atoms in total. The molecule has 412 valence electrons. The van der Waals surface area contributed by atoms with Gasteiger partial charge < -0.3 is 14.2 Å². The van der Waals surface area contributed by atoms with Gasteiger partial charge in [0.25, 0.3) is 0 Å². The van der Waals surface area contributed by atoms with Crippen LogP contribution in [0, 0.1) is 0 Å². The molecule has 0 heterocycles. The molecule has 0 aromatic rings. The molecule has 0 aliphatic rings. The summed E-state index contributed by atoms with van der Waals surface area (Å²) < 4.78 is 16.9. The fourth-order valence-corrected chi connectivity index (χ4v) is 8.80. The highest BCUT2D eigenvalue weighted by atomic mass is 16.6. The second-order valence-corrected chi connectivity index (χ2v) is 20.6. The van der Waals surface area contributed by atoms with Crippen molar-refractivity contribution in [2.24, 2.45) is 0 Å². The zero-order valence-corrected chi connectivity index (χ0v) is 47.2. The monoisotopic (exact) mass is 993 g/mol. The van der Waals surface area contributed by atoms with Crippen molar-refractivity contribution in [1.82, 2.24) is 0 Å². The fourth-order valence-electron chi connectivity index (χ4n) is 8.80. The van der Waals surface area contributed by atoms with Crippen molar-refractivity contribution in [3.63, 3.8) is 0 Å². The van der Waals surface area contributed by atoms with E-state index in [1.807, 2.05) is 0 Å². The summed E-state index contributed by atoms with van der Waals surface area (Å²) in [5.41, 5.74) is 0. The van der Waals surface area contributed by atoms with Crippen molar-refractivity contribution < 1.29 is 28.6 Å². The number of carbonyl (C=O) groups is 3. The molecule has 0 rings (SSSR count). The van der Waals surface area contributed by atoms with Crippen molar-refractivity contribution in [3.05, 3.63) is 60.8 Å². The highest BCUT2D eigenvalue weighted by Crippen LogP contribution is 2.16. The van der Waals surface area contributed by atoms with Crippen molar-refractivity contribution >= 4 is 17.9 Å². The average Bonchev–Trinajstić information content (AvgIpc) is 3.37. The van der Waals surface area contributed by atoms with Crippen molar-refractivity contribution in [2.45, 2.75) is 322 Å². The van der Waals surface area contributed by atoms with E-state index in [9.17, 15) is 14.4 Å². The molecule has 0 fully saturated rings. The molecular weight excluding hydrogens is 877 g/mol. The van der Waals surface area contributed by atoms with E-state index in [-0.39, 0.29) is 31.1 Å². The van der Waals surface area contributed by atoms with E-state index < -0.39 is 6.10 Å². The minimum atomic E-state index is -0.784. The predicted molar refractivity (Wildman–Crippen MR) is 307 cm³/mol. The van der Waals surface area contributed by atoms with E-state index >= 15 is 0 Å². The number of rotatable bonds is 56. The van der Waals surface area contributed by atoms with Crippen LogP contribution in [0.5, 0.6) is 0 Å². The summed E-state index contributed by atoms with van der Waals surface area (Å²) in [5, 5.41) is 0. The van der Waals surface area contributed by atoms with Gasteiger partial charge in [0.15, 0.2) is 6.10 Å². The number of carbonyl (C=O) groups excluding carboxylic acids is 3. The Morgan fingerprint density at radius 1 is 0.282 bits per heavy atom. The van der Waals surface area contributed by atoms with Crippen LogP contribution in [-0.4, -0.2) is 37.2 Å². The smallest absolute Gasteiger partial charge is 0.306 e. The van der Waals surface area contributed by atoms with Gasteiger partial charge in [0.1, 0.15) is 13.2 Å². The average molecular weight is 994 g/mol. The van der Waals surface area contributed by atoms with Crippen molar-refractivity contribution in [1.29, 1.82) is 0 Å². The summed E-state index contributed by atoms with van der Waals surface area (Å²) in [6.45, 7) is 6.57. The van der Waals surface area contributed by atoms with Crippen LogP contribution in [0.1, 0.15) is 316 Å². The van der Waals surface area contributed by atoms with E-state index in [1.54, 1.807) is 0 Å². The normalized spacial score (nSPS) is 12.4. The molecule has 0 bridgehead atoms. The molecule has 0 aromatic heterocycles. The first kappa shape index (κ1) is 68.1. The fraction of sp³-hybridized carbons (Fsp3) is 0.800. The molecule has 0 saturated heterocycles. The summed E-state index contributed by atoms with van der Waals surface area (Å²) in [7, 11) is 0. The standard InChI is InChI=1S/C65H116O6/c1-4-7-10-13-16-19-22-25-27-28-29-30-31-32-33-34-35-36-38-40-43-46-49-52-55-58-64(67)70-61-62(60-69-63(66)57-54-51-48-45-42-39-24-21-18-15-12-9-6-3)71-65(68)59-56-53-50-47-44-41-37-26-23-20-17-14-11-8-5-2/h12,15,21-22,24-26,28-29,37,62H,4-11,13-14,16-20,23,27,30-36,38-61H2,1-3H3/b15-12-,24-21-,25-22-,29-28-,37-26-. The molecule has 0 N–H and O–H groups in total. The van der Waals surface area contributed by atoms with Gasteiger partial charge in [-0.05, 0) is 103 Å². The molecule has 0 aliphatic carbocycles. The van der Waals surface area contributed by atoms with E-state index in [1.165, 1.54) is 173 Å². The lowest BCUT2D eigenvalue weighted by atomic mass is 10.0. The Balaban J connectivity index is 4.27. The quantitative estimate of drug-likeness (QED) is 0.0261. The van der Waals surface area contributed by atoms with Gasteiger partial charge in [-0.3, -0.25) is 14.4 Å². The third kappa shape index (κ3) is 57.9. The Hall–Kier alpha value is -2.89. The molecule has 0 aliphatic heterocycles. The van der Waals surface area contributed by atoms with Gasteiger partial charge in [0.05, 0.1) is 0 Å². The first-order valence-electron chi connectivity index (χ1n) is 30.8. The first-order valence-corrected chi connectivity index (χ1v) is 30.8. The number of unbranched alkanes of at least 4 members (excludes halogenated alkanes) is 35. The molecule has 0 amide bonds. The zero-order chi connectivity index (χ0) is 51.4. The SMILES string of the molecule is CCC/C=C\C/C=C\CCCCCCCC(=O)OCC(COC(=O)CCCCCCCCCCCCCCC/C=C\C/C=C\CCCCCCC)OC(=O)CCCCCCC/C=C\CCCCCCCC. The largest absolute Gasteiger partial charge is 0.462 e. The van der Waals surface area contributed by atoms with Gasteiger partial charge in [-0.1, -0.05) is 255 Å². The highest BCUT2D eigenvalue weighted by molar-refractivity contribution is 5.71. The molecule has 0 radical (unpaired) electrons. The van der Waals surface area contributed by atoms with Crippen LogP contribution >= 0.6 is 0 Å². The zero-order valence-electron chi connectivity index (χ0n) is 47.2. The van der Waals surface area contributed by atoms with Crippen LogP contribution in [0.25, 0.3) is 0 Å². The molecule has 0 spiro atoms. The molecule has 1 atom stereocenters. The van der Waals surface area contributed by atoms with E-state index in [0.29, 0.717) is 19.3 Å². The third-order valence-electron chi connectivity index (χ3n) is 13.4. The van der Waals surface area contributed by atoms with Crippen LogP contribution in [-0.2, 0) is 28.6 Å². The van der Waals surface area contributed by atoms with Gasteiger partial charge in [-0.25, -0.2) is 0 Å². The number of ether oxygens (including phenoxy) is 3. The van der Waals surface area contributed by atoms with Crippen molar-refractivity contribution in [3.8, 4) is 0 Å². The number of hydrogen-bond donors (Lipinski definition) is 0. The lowest BCUT2D eigenvalue weighted by Gasteiger charge is -2.18. The Morgan fingerprint density at radius 2 is 0.535 bits per heavy atom. The lowest BCUT2D eigenvalue weighted by Crippen LogP contribution is -2.30. The molecule has 0 saturated carbocycles. The van der Waals surface area contributed by atoms with Crippen LogP contribution in [0.4, 0.5) is 0 Å². The number of allylic oxidation sites excluding steroid dienone is 10. The Morgan fingerprint density at radius 3 is 0.845 bits per heavy atom. The van der Waals surface area contributed by atoms with Crippen molar-refractivity contribution in [2.75, 3.05) is 13.2 Å². The number of hydrogen-bond acceptors (Lipinski definition) is 6. The molecule has 1 unspecified atom stereocenters. The lowest BCUT2D eigenvalue weighted by molar-refractivity contribution is -0.167. The predicted octanol–water partition coefficient (Wildman–Crippen LogP) is 20.8. The van der Waals surface area contributed by atoms with Gasteiger partial charge in [-0.2, -0.15) is 0 Å². The minimum Gasteiger partial charge on any atom is -0.462 e. The van der Waals surface area contributed by atoms with E-state index in [2.05, 4.69) is 81.5 Å². The second kappa shape index (κ2) is 59.7. The second-order valence-electron chi connectivity index (χ2n) is 20.6. The summed E-state index contributed by atoms with van der Waals surface area (Å²) in [5.74, 6) is -0.892. The van der Waals surface area contributed by atoms with Gasteiger partial charge >= 0.3 is 17.9 Å². The Labute approximate surface area is 440 Å². The summed E-state index contributed by atoms with van der Waals surface area (Å²) in [6.07, 6.45) is 75.1. The maximum atomic E-state index is 12.9. The summed E-state index contributed by atoms with van der Waals surface area (Å²) >= 11 is 0. The van der Waals surface area contributed by atoms with Crippen LogP contribution in [0.15, 0.2) is 60.8 Å². The minimum absolute atomic E-state index is 0.0809. The van der Waals surface area contributed by atoms with E-state index in [4.69, 9.17) is 14.2 Å².